The lowest BCUT2D eigenvalue weighted by Gasteiger charge is -2.24. The highest BCUT2D eigenvalue weighted by Crippen LogP contribution is 2.06. The fraction of sp³-hybridized carbons (Fsp3) is 1.00. The number of hydrogen-bond acceptors (Lipinski definition) is 5. The quantitative estimate of drug-likeness (QED) is 0.626. The molecular weight excluding hydrogens is 244 g/mol. The van der Waals surface area contributed by atoms with E-state index in [1.165, 1.54) is 25.9 Å². The zero-order valence-corrected chi connectivity index (χ0v) is 12.7. The van der Waals surface area contributed by atoms with E-state index in [1.807, 2.05) is 6.92 Å². The molecule has 114 valence electrons. The van der Waals surface area contributed by atoms with E-state index in [-0.39, 0.29) is 6.10 Å². The number of aliphatic hydroxyl groups excluding tert-OH is 1. The highest BCUT2D eigenvalue weighted by Gasteiger charge is 2.14. The Labute approximate surface area is 117 Å². The molecule has 1 rings (SSSR count). The zero-order chi connectivity index (χ0) is 14.1. The molecule has 1 N–H and O–H groups in total. The van der Waals surface area contributed by atoms with Gasteiger partial charge in [-0.2, -0.15) is 0 Å². The largest absolute Gasteiger partial charge is 0.389 e. The summed E-state index contributed by atoms with van der Waals surface area (Å²) in [5, 5.41) is 9.91. The van der Waals surface area contributed by atoms with Crippen LogP contribution in [-0.4, -0.2) is 87.2 Å². The Bertz CT molecular complexity index is 223. The molecule has 1 aliphatic heterocycles. The summed E-state index contributed by atoms with van der Waals surface area (Å²) in [4.78, 5) is 4.66. The minimum absolute atomic E-state index is 0.0366. The van der Waals surface area contributed by atoms with Crippen molar-refractivity contribution in [3.8, 4) is 0 Å². The van der Waals surface area contributed by atoms with Crippen LogP contribution >= 0.6 is 0 Å². The number of nitrogens with zero attached hydrogens (tertiary/aromatic N) is 2. The Balaban J connectivity index is 2.04. The minimum atomic E-state index is -0.428. The van der Waals surface area contributed by atoms with Crippen molar-refractivity contribution in [2.75, 3.05) is 60.1 Å². The Kier molecular flexibility index (Phi) is 8.57. The van der Waals surface area contributed by atoms with Gasteiger partial charge in [-0.15, -0.1) is 0 Å². The molecule has 1 fully saturated rings. The molecule has 1 saturated heterocycles. The molecule has 0 aromatic carbocycles. The van der Waals surface area contributed by atoms with Crippen LogP contribution in [-0.2, 0) is 9.47 Å². The van der Waals surface area contributed by atoms with Crippen molar-refractivity contribution in [2.24, 2.45) is 0 Å². The number of ether oxygens (including phenoxy) is 2. The molecule has 2 atom stereocenters. The smallest absolute Gasteiger partial charge is 0.0900 e. The molecular formula is C14H30N2O3. The van der Waals surface area contributed by atoms with Gasteiger partial charge in [0.15, 0.2) is 0 Å². The predicted octanol–water partition coefficient (Wildman–Crippen LogP) is 0.426. The van der Waals surface area contributed by atoms with Crippen LogP contribution in [0.4, 0.5) is 0 Å². The van der Waals surface area contributed by atoms with Gasteiger partial charge < -0.3 is 24.4 Å². The molecule has 0 saturated carbocycles. The first-order valence-corrected chi connectivity index (χ1v) is 7.31. The molecule has 0 spiro atoms. The standard InChI is InChI=1S/C14H30N2O3/c1-13(11-18-3)19-12-14(17)10-15(2)8-9-16-6-4-5-7-16/h13-14,17H,4-12H2,1-3H3. The first kappa shape index (κ1) is 16.9. The first-order chi connectivity index (χ1) is 9.11. The summed E-state index contributed by atoms with van der Waals surface area (Å²) in [7, 11) is 3.71. The van der Waals surface area contributed by atoms with Gasteiger partial charge in [-0.1, -0.05) is 0 Å². The van der Waals surface area contributed by atoms with Gasteiger partial charge in [0, 0.05) is 26.7 Å². The van der Waals surface area contributed by atoms with Gasteiger partial charge in [0.1, 0.15) is 0 Å². The molecule has 1 heterocycles. The van der Waals surface area contributed by atoms with Gasteiger partial charge in [0.05, 0.1) is 25.4 Å². The van der Waals surface area contributed by atoms with Gasteiger partial charge in [-0.05, 0) is 39.9 Å². The molecule has 5 heteroatoms. The van der Waals surface area contributed by atoms with Crippen molar-refractivity contribution in [3.05, 3.63) is 0 Å². The number of likely N-dealkylation sites (N-methyl/N-ethyl adjacent to an activating group) is 1. The fourth-order valence-electron chi connectivity index (χ4n) is 2.38. The Morgan fingerprint density at radius 1 is 1.26 bits per heavy atom. The molecule has 0 amide bonds. The maximum Gasteiger partial charge on any atom is 0.0900 e. The van der Waals surface area contributed by atoms with Gasteiger partial charge >= 0.3 is 0 Å². The number of hydrogen-bond donors (Lipinski definition) is 1. The summed E-state index contributed by atoms with van der Waals surface area (Å²) in [6.45, 7) is 8.12. The molecule has 19 heavy (non-hydrogen) atoms. The lowest BCUT2D eigenvalue weighted by Crippen LogP contribution is -2.38. The van der Waals surface area contributed by atoms with Crippen LogP contribution < -0.4 is 0 Å². The molecule has 0 aromatic heterocycles. The summed E-state index contributed by atoms with van der Waals surface area (Å²) in [6, 6.07) is 0. The Morgan fingerprint density at radius 2 is 1.95 bits per heavy atom. The average molecular weight is 274 g/mol. The first-order valence-electron chi connectivity index (χ1n) is 7.31. The SMILES string of the molecule is COCC(C)OCC(O)CN(C)CCN1CCCC1. The lowest BCUT2D eigenvalue weighted by molar-refractivity contribution is -0.0383. The second-order valence-electron chi connectivity index (χ2n) is 5.56. The van der Waals surface area contributed by atoms with Crippen LogP contribution in [0, 0.1) is 0 Å². The van der Waals surface area contributed by atoms with Crippen LogP contribution in [0.5, 0.6) is 0 Å². The van der Waals surface area contributed by atoms with Gasteiger partial charge in [-0.3, -0.25) is 0 Å². The van der Waals surface area contributed by atoms with Gasteiger partial charge in [0.2, 0.25) is 0 Å². The molecule has 0 bridgehead atoms. The van der Waals surface area contributed by atoms with Gasteiger partial charge in [0.25, 0.3) is 0 Å². The molecule has 5 nitrogen and oxygen atoms in total. The van der Waals surface area contributed by atoms with E-state index in [0.29, 0.717) is 19.8 Å². The van der Waals surface area contributed by atoms with Gasteiger partial charge in [-0.25, -0.2) is 0 Å². The van der Waals surface area contributed by atoms with Crippen LogP contribution in [0.15, 0.2) is 0 Å². The van der Waals surface area contributed by atoms with Crippen LogP contribution in [0.3, 0.4) is 0 Å². The fourth-order valence-corrected chi connectivity index (χ4v) is 2.38. The van der Waals surface area contributed by atoms with E-state index in [2.05, 4.69) is 16.8 Å². The van der Waals surface area contributed by atoms with Crippen LogP contribution in [0.25, 0.3) is 0 Å². The molecule has 1 aliphatic rings. The minimum Gasteiger partial charge on any atom is -0.389 e. The summed E-state index contributed by atoms with van der Waals surface area (Å²) < 4.78 is 10.5. The van der Waals surface area contributed by atoms with Crippen LogP contribution in [0.2, 0.25) is 0 Å². The molecule has 0 aromatic rings. The third kappa shape index (κ3) is 7.84. The van der Waals surface area contributed by atoms with E-state index in [4.69, 9.17) is 9.47 Å². The van der Waals surface area contributed by atoms with Crippen molar-refractivity contribution in [3.63, 3.8) is 0 Å². The Hall–Kier alpha value is -0.200. The van der Waals surface area contributed by atoms with Crippen molar-refractivity contribution in [1.82, 2.24) is 9.80 Å². The number of likely N-dealkylation sites (tertiary alicyclic amines) is 1. The number of aliphatic hydroxyl groups is 1. The van der Waals surface area contributed by atoms with Crippen LogP contribution in [0.1, 0.15) is 19.8 Å². The molecule has 2 unspecified atom stereocenters. The second kappa shape index (κ2) is 9.66. The van der Waals surface area contributed by atoms with E-state index >= 15 is 0 Å². The maximum absolute atomic E-state index is 9.91. The summed E-state index contributed by atoms with van der Waals surface area (Å²) in [6.07, 6.45) is 2.27. The summed E-state index contributed by atoms with van der Waals surface area (Å²) in [5.74, 6) is 0. The monoisotopic (exact) mass is 274 g/mol. The third-order valence-electron chi connectivity index (χ3n) is 3.49. The average Bonchev–Trinajstić information content (AvgIpc) is 2.87. The zero-order valence-electron chi connectivity index (χ0n) is 12.7. The third-order valence-corrected chi connectivity index (χ3v) is 3.49. The number of rotatable bonds is 10. The maximum atomic E-state index is 9.91. The van der Waals surface area contributed by atoms with E-state index in [0.717, 1.165) is 13.1 Å². The lowest BCUT2D eigenvalue weighted by atomic mass is 10.3. The molecule has 0 radical (unpaired) electrons. The van der Waals surface area contributed by atoms with E-state index < -0.39 is 6.10 Å². The van der Waals surface area contributed by atoms with Crippen molar-refractivity contribution < 1.29 is 14.6 Å². The second-order valence-corrected chi connectivity index (χ2v) is 5.56. The highest BCUT2D eigenvalue weighted by molar-refractivity contribution is 4.69. The highest BCUT2D eigenvalue weighted by atomic mass is 16.5. The van der Waals surface area contributed by atoms with Crippen molar-refractivity contribution in [1.29, 1.82) is 0 Å². The topological polar surface area (TPSA) is 45.2 Å². The number of methoxy groups -OCH3 is 1. The Morgan fingerprint density at radius 3 is 2.58 bits per heavy atom. The predicted molar refractivity (Wildman–Crippen MR) is 76.5 cm³/mol. The van der Waals surface area contributed by atoms with Crippen molar-refractivity contribution in [2.45, 2.75) is 32.0 Å². The summed E-state index contributed by atoms with van der Waals surface area (Å²) in [5.41, 5.74) is 0. The van der Waals surface area contributed by atoms with E-state index in [1.54, 1.807) is 7.11 Å². The molecule has 0 aliphatic carbocycles. The summed E-state index contributed by atoms with van der Waals surface area (Å²) >= 11 is 0. The van der Waals surface area contributed by atoms with E-state index in [9.17, 15) is 5.11 Å². The normalized spacial score (nSPS) is 20.1. The van der Waals surface area contributed by atoms with Crippen molar-refractivity contribution >= 4 is 0 Å².